The lowest BCUT2D eigenvalue weighted by atomic mass is 10.2. The van der Waals surface area contributed by atoms with Crippen molar-refractivity contribution < 1.29 is 14.6 Å². The minimum Gasteiger partial charge on any atom is -0.492 e. The van der Waals surface area contributed by atoms with E-state index in [1.165, 1.54) is 0 Å². The van der Waals surface area contributed by atoms with Crippen LogP contribution < -0.4 is 10.1 Å². The summed E-state index contributed by atoms with van der Waals surface area (Å²) in [5, 5.41) is 12.2. The van der Waals surface area contributed by atoms with Crippen molar-refractivity contribution in [3.63, 3.8) is 0 Å². The van der Waals surface area contributed by atoms with Gasteiger partial charge in [0.2, 0.25) is 0 Å². The van der Waals surface area contributed by atoms with Crippen molar-refractivity contribution in [3.05, 3.63) is 28.8 Å². The van der Waals surface area contributed by atoms with E-state index in [1.54, 1.807) is 19.1 Å². The van der Waals surface area contributed by atoms with Crippen molar-refractivity contribution in [1.82, 2.24) is 5.32 Å². The van der Waals surface area contributed by atoms with Crippen LogP contribution in [0.1, 0.15) is 25.8 Å². The van der Waals surface area contributed by atoms with E-state index in [-0.39, 0.29) is 0 Å². The molecule has 100 valence electrons. The quantitative estimate of drug-likeness (QED) is 0.801. The monoisotopic (exact) mass is 271 g/mol. The van der Waals surface area contributed by atoms with Crippen LogP contribution in [0.5, 0.6) is 5.75 Å². The third kappa shape index (κ3) is 4.55. The summed E-state index contributed by atoms with van der Waals surface area (Å²) in [5.41, 5.74) is 0.928. The normalized spacial score (nSPS) is 12.2. The van der Waals surface area contributed by atoms with Crippen molar-refractivity contribution >= 4 is 17.6 Å². The number of rotatable bonds is 7. The number of nitrogens with one attached hydrogen (secondary N) is 1. The van der Waals surface area contributed by atoms with Crippen LogP contribution in [0.25, 0.3) is 0 Å². The maximum Gasteiger partial charge on any atom is 0.320 e. The Morgan fingerprint density at radius 1 is 1.56 bits per heavy atom. The number of halogens is 1. The molecule has 5 heteroatoms. The van der Waals surface area contributed by atoms with E-state index in [9.17, 15) is 4.79 Å². The molecule has 0 radical (unpaired) electrons. The van der Waals surface area contributed by atoms with Gasteiger partial charge in [0.25, 0.3) is 0 Å². The first kappa shape index (κ1) is 14.8. The SMILES string of the molecule is CCCOc1ccc(CN[C@@H](C)C(=O)O)cc1Cl. The number of ether oxygens (including phenoxy) is 1. The van der Waals surface area contributed by atoms with E-state index >= 15 is 0 Å². The van der Waals surface area contributed by atoms with Gasteiger partial charge in [-0.2, -0.15) is 0 Å². The zero-order chi connectivity index (χ0) is 13.5. The fourth-order valence-corrected chi connectivity index (χ4v) is 1.60. The molecule has 0 heterocycles. The highest BCUT2D eigenvalue weighted by Gasteiger charge is 2.10. The second kappa shape index (κ2) is 7.24. The van der Waals surface area contributed by atoms with Gasteiger partial charge in [0, 0.05) is 6.54 Å². The molecule has 0 aromatic heterocycles. The molecule has 0 aliphatic rings. The molecule has 0 aliphatic carbocycles. The summed E-state index contributed by atoms with van der Waals surface area (Å²) in [5.74, 6) is -0.211. The molecular weight excluding hydrogens is 254 g/mol. The minimum absolute atomic E-state index is 0.460. The molecule has 4 nitrogen and oxygen atoms in total. The Hall–Kier alpha value is -1.26. The van der Waals surface area contributed by atoms with Crippen LogP contribution >= 0.6 is 11.6 Å². The highest BCUT2D eigenvalue weighted by atomic mass is 35.5. The molecule has 1 aromatic carbocycles. The molecule has 0 spiro atoms. The molecule has 0 amide bonds. The summed E-state index contributed by atoms with van der Waals surface area (Å²) >= 11 is 6.07. The first-order valence-electron chi connectivity index (χ1n) is 5.92. The predicted octanol–water partition coefficient (Wildman–Crippen LogP) is 2.69. The van der Waals surface area contributed by atoms with E-state index in [1.807, 2.05) is 13.0 Å². The van der Waals surface area contributed by atoms with E-state index < -0.39 is 12.0 Å². The summed E-state index contributed by atoms with van der Waals surface area (Å²) in [6.45, 7) is 4.72. The van der Waals surface area contributed by atoms with E-state index in [0.717, 1.165) is 12.0 Å². The number of carboxylic acid groups (broad SMARTS) is 1. The number of carboxylic acids is 1. The molecule has 0 unspecified atom stereocenters. The third-order valence-corrected chi connectivity index (χ3v) is 2.74. The lowest BCUT2D eigenvalue weighted by molar-refractivity contribution is -0.139. The molecular formula is C13H18ClNO3. The van der Waals surface area contributed by atoms with Crippen molar-refractivity contribution in [2.24, 2.45) is 0 Å². The Morgan fingerprint density at radius 2 is 2.28 bits per heavy atom. The maximum absolute atomic E-state index is 10.7. The first-order chi connectivity index (χ1) is 8.54. The molecule has 18 heavy (non-hydrogen) atoms. The molecule has 0 saturated carbocycles. The topological polar surface area (TPSA) is 58.6 Å². The van der Waals surface area contributed by atoms with Crippen LogP contribution in [0.2, 0.25) is 5.02 Å². The van der Waals surface area contributed by atoms with Gasteiger partial charge < -0.3 is 15.2 Å². The average molecular weight is 272 g/mol. The van der Waals surface area contributed by atoms with E-state index in [2.05, 4.69) is 5.32 Å². The van der Waals surface area contributed by atoms with Crippen molar-refractivity contribution in [1.29, 1.82) is 0 Å². The Balaban J connectivity index is 2.58. The van der Waals surface area contributed by atoms with Crippen LogP contribution in [-0.2, 0) is 11.3 Å². The van der Waals surface area contributed by atoms with Gasteiger partial charge in [-0.15, -0.1) is 0 Å². The Labute approximate surface area is 112 Å². The Bertz CT molecular complexity index is 409. The summed E-state index contributed by atoms with van der Waals surface area (Å²) in [7, 11) is 0. The van der Waals surface area contributed by atoms with E-state index in [4.69, 9.17) is 21.4 Å². The molecule has 0 aliphatic heterocycles. The van der Waals surface area contributed by atoms with Gasteiger partial charge in [-0.3, -0.25) is 4.79 Å². The smallest absolute Gasteiger partial charge is 0.320 e. The van der Waals surface area contributed by atoms with Gasteiger partial charge in [0.05, 0.1) is 11.6 Å². The predicted molar refractivity (Wildman–Crippen MR) is 71.2 cm³/mol. The van der Waals surface area contributed by atoms with Crippen molar-refractivity contribution in [3.8, 4) is 5.75 Å². The number of carbonyl (C=O) groups is 1. The van der Waals surface area contributed by atoms with Gasteiger partial charge >= 0.3 is 5.97 Å². The highest BCUT2D eigenvalue weighted by Crippen LogP contribution is 2.25. The van der Waals surface area contributed by atoms with Crippen LogP contribution in [-0.4, -0.2) is 23.7 Å². The standard InChI is InChI=1S/C13H18ClNO3/c1-3-6-18-12-5-4-10(7-11(12)14)8-15-9(2)13(16)17/h4-5,7,9,15H,3,6,8H2,1-2H3,(H,16,17)/t9-/m0/s1. The van der Waals surface area contributed by atoms with Gasteiger partial charge in [-0.1, -0.05) is 24.6 Å². The lowest BCUT2D eigenvalue weighted by Crippen LogP contribution is -2.33. The second-order valence-electron chi connectivity index (χ2n) is 4.05. The summed E-state index contributed by atoms with van der Waals surface area (Å²) in [6.07, 6.45) is 0.926. The number of benzene rings is 1. The molecule has 2 N–H and O–H groups in total. The molecule has 0 bridgehead atoms. The number of hydrogen-bond acceptors (Lipinski definition) is 3. The summed E-state index contributed by atoms with van der Waals surface area (Å²) in [4.78, 5) is 10.7. The summed E-state index contributed by atoms with van der Waals surface area (Å²) < 4.78 is 5.46. The fraction of sp³-hybridized carbons (Fsp3) is 0.462. The molecule has 0 saturated heterocycles. The third-order valence-electron chi connectivity index (χ3n) is 2.44. The molecule has 1 atom stereocenters. The Morgan fingerprint density at radius 3 is 2.83 bits per heavy atom. The highest BCUT2D eigenvalue weighted by molar-refractivity contribution is 6.32. The zero-order valence-corrected chi connectivity index (χ0v) is 11.3. The van der Waals surface area contributed by atoms with Gasteiger partial charge in [0.15, 0.2) is 0 Å². The maximum atomic E-state index is 10.7. The lowest BCUT2D eigenvalue weighted by Gasteiger charge is -2.11. The zero-order valence-electron chi connectivity index (χ0n) is 10.6. The van der Waals surface area contributed by atoms with Crippen LogP contribution in [0.3, 0.4) is 0 Å². The van der Waals surface area contributed by atoms with Gasteiger partial charge in [-0.25, -0.2) is 0 Å². The summed E-state index contributed by atoms with van der Waals surface area (Å²) in [6, 6.07) is 4.88. The van der Waals surface area contributed by atoms with Crippen molar-refractivity contribution in [2.45, 2.75) is 32.9 Å². The Kier molecular flexibility index (Phi) is 5.95. The largest absolute Gasteiger partial charge is 0.492 e. The van der Waals surface area contributed by atoms with Crippen LogP contribution in [0, 0.1) is 0 Å². The van der Waals surface area contributed by atoms with Crippen LogP contribution in [0.4, 0.5) is 0 Å². The van der Waals surface area contributed by atoms with Crippen molar-refractivity contribution in [2.75, 3.05) is 6.61 Å². The molecule has 1 aromatic rings. The van der Waals surface area contributed by atoms with Gasteiger partial charge in [-0.05, 0) is 31.0 Å². The number of aliphatic carboxylic acids is 1. The van der Waals surface area contributed by atoms with Crippen LogP contribution in [0.15, 0.2) is 18.2 Å². The fourth-order valence-electron chi connectivity index (χ4n) is 1.34. The minimum atomic E-state index is -0.871. The first-order valence-corrected chi connectivity index (χ1v) is 6.29. The van der Waals surface area contributed by atoms with E-state index in [0.29, 0.717) is 23.9 Å². The van der Waals surface area contributed by atoms with Gasteiger partial charge in [0.1, 0.15) is 11.8 Å². The molecule has 1 rings (SSSR count). The second-order valence-corrected chi connectivity index (χ2v) is 4.46. The molecule has 0 fully saturated rings. The average Bonchev–Trinajstić information content (AvgIpc) is 2.34. The number of hydrogen-bond donors (Lipinski definition) is 2.